The van der Waals surface area contributed by atoms with Gasteiger partial charge in [0.2, 0.25) is 0 Å². The molecule has 0 spiro atoms. The molecule has 0 heterocycles. The number of hydrogen-bond donors (Lipinski definition) is 1. The Morgan fingerprint density at radius 3 is 2.28 bits per heavy atom. The van der Waals surface area contributed by atoms with Crippen molar-refractivity contribution in [1.29, 1.82) is 0 Å². The molecule has 0 amide bonds. The highest BCUT2D eigenvalue weighted by Crippen LogP contribution is 2.46. The minimum atomic E-state index is -3.41. The standard InChI is InChI=1S/C13H17O4P/c1-3-16-18(15,17-4-2)11-10-13(14)12-8-6-5-7-9-12/h5-9,13-14H,3-4H2,1-2H3. The van der Waals surface area contributed by atoms with E-state index < -0.39 is 13.7 Å². The van der Waals surface area contributed by atoms with E-state index in [2.05, 4.69) is 11.6 Å². The summed E-state index contributed by atoms with van der Waals surface area (Å²) in [5.74, 6) is 2.50. The van der Waals surface area contributed by atoms with Crippen LogP contribution in [0, 0.1) is 11.6 Å². The molecule has 98 valence electrons. The van der Waals surface area contributed by atoms with Gasteiger partial charge in [-0.05, 0) is 19.4 Å². The summed E-state index contributed by atoms with van der Waals surface area (Å²) in [6, 6.07) is 8.92. The third kappa shape index (κ3) is 4.64. The summed E-state index contributed by atoms with van der Waals surface area (Å²) in [6.07, 6.45) is -1.000. The van der Waals surface area contributed by atoms with Gasteiger partial charge in [-0.25, -0.2) is 4.57 Å². The Morgan fingerprint density at radius 2 is 1.78 bits per heavy atom. The molecule has 1 rings (SSSR count). The van der Waals surface area contributed by atoms with Gasteiger partial charge in [0.15, 0.2) is 0 Å². The largest absolute Gasteiger partial charge is 0.405 e. The summed E-state index contributed by atoms with van der Waals surface area (Å²) >= 11 is 0. The molecule has 0 aliphatic heterocycles. The summed E-state index contributed by atoms with van der Waals surface area (Å²) in [4.78, 5) is 0. The molecule has 0 fully saturated rings. The summed E-state index contributed by atoms with van der Waals surface area (Å²) in [7, 11) is -3.41. The fourth-order valence-electron chi connectivity index (χ4n) is 1.30. The van der Waals surface area contributed by atoms with Gasteiger partial charge >= 0.3 is 7.60 Å². The predicted molar refractivity (Wildman–Crippen MR) is 70.0 cm³/mol. The van der Waals surface area contributed by atoms with E-state index in [1.165, 1.54) is 0 Å². The van der Waals surface area contributed by atoms with Crippen LogP contribution < -0.4 is 0 Å². The van der Waals surface area contributed by atoms with Crippen molar-refractivity contribution in [2.24, 2.45) is 0 Å². The van der Waals surface area contributed by atoms with Crippen molar-refractivity contribution in [2.75, 3.05) is 13.2 Å². The average Bonchev–Trinajstić information content (AvgIpc) is 2.38. The molecule has 1 aromatic carbocycles. The molecule has 1 N–H and O–H groups in total. The highest BCUT2D eigenvalue weighted by Gasteiger charge is 2.20. The molecule has 0 bridgehead atoms. The van der Waals surface area contributed by atoms with Crippen molar-refractivity contribution in [1.82, 2.24) is 0 Å². The zero-order valence-electron chi connectivity index (χ0n) is 10.5. The Labute approximate surface area is 107 Å². The molecule has 0 aromatic heterocycles. The van der Waals surface area contributed by atoms with Crippen molar-refractivity contribution >= 4 is 7.60 Å². The number of hydrogen-bond acceptors (Lipinski definition) is 4. The maximum Gasteiger partial charge on any atom is 0.405 e. The molecule has 4 nitrogen and oxygen atoms in total. The first-order valence-corrected chi connectivity index (χ1v) is 7.30. The molecule has 0 aliphatic rings. The van der Waals surface area contributed by atoms with E-state index in [4.69, 9.17) is 9.05 Å². The van der Waals surface area contributed by atoms with Crippen LogP contribution in [0.3, 0.4) is 0 Å². The summed E-state index contributed by atoms with van der Waals surface area (Å²) in [5.41, 5.74) is 3.05. The van der Waals surface area contributed by atoms with Crippen LogP contribution in [-0.2, 0) is 13.6 Å². The zero-order chi connectivity index (χ0) is 13.4. The second-order valence-corrected chi connectivity index (χ2v) is 5.14. The molecule has 5 heteroatoms. The number of benzene rings is 1. The van der Waals surface area contributed by atoms with E-state index >= 15 is 0 Å². The van der Waals surface area contributed by atoms with Gasteiger partial charge in [0.05, 0.1) is 13.2 Å². The molecule has 0 aliphatic carbocycles. The van der Waals surface area contributed by atoms with Crippen molar-refractivity contribution in [3.63, 3.8) is 0 Å². The number of aliphatic hydroxyl groups excluding tert-OH is 1. The van der Waals surface area contributed by atoms with Crippen molar-refractivity contribution in [3.05, 3.63) is 35.9 Å². The van der Waals surface area contributed by atoms with E-state index in [1.807, 2.05) is 6.07 Å². The second kappa shape index (κ2) is 7.35. The topological polar surface area (TPSA) is 55.8 Å². The Bertz CT molecular complexity index is 451. The van der Waals surface area contributed by atoms with Crippen LogP contribution in [0.5, 0.6) is 0 Å². The maximum atomic E-state index is 12.0. The normalized spacial score (nSPS) is 12.6. The van der Waals surface area contributed by atoms with Crippen molar-refractivity contribution in [2.45, 2.75) is 20.0 Å². The average molecular weight is 268 g/mol. The molecule has 18 heavy (non-hydrogen) atoms. The highest BCUT2D eigenvalue weighted by atomic mass is 31.2. The maximum absolute atomic E-state index is 12.0. The molecule has 0 radical (unpaired) electrons. The first-order chi connectivity index (χ1) is 8.61. The van der Waals surface area contributed by atoms with Crippen LogP contribution >= 0.6 is 7.60 Å². The lowest BCUT2D eigenvalue weighted by Gasteiger charge is -2.10. The van der Waals surface area contributed by atoms with Gasteiger partial charge in [0.25, 0.3) is 0 Å². The van der Waals surface area contributed by atoms with Crippen LogP contribution in [-0.4, -0.2) is 18.3 Å². The van der Waals surface area contributed by atoms with Gasteiger partial charge in [-0.3, -0.25) is 9.05 Å². The summed E-state index contributed by atoms with van der Waals surface area (Å²) in [5, 5.41) is 9.81. The molecule has 1 unspecified atom stereocenters. The van der Waals surface area contributed by atoms with E-state index in [-0.39, 0.29) is 13.2 Å². The molecule has 0 saturated heterocycles. The third-order valence-corrected chi connectivity index (χ3v) is 3.65. The molecular formula is C13H17O4P. The molecule has 0 saturated carbocycles. The van der Waals surface area contributed by atoms with Gasteiger partial charge in [-0.1, -0.05) is 36.3 Å². The zero-order valence-corrected chi connectivity index (χ0v) is 11.4. The lowest BCUT2D eigenvalue weighted by molar-refractivity contribution is 0.228. The minimum Gasteiger partial charge on any atom is -0.376 e. The Hall–Kier alpha value is -1.11. The number of aliphatic hydroxyl groups is 1. The first-order valence-electron chi connectivity index (χ1n) is 5.76. The third-order valence-electron chi connectivity index (χ3n) is 2.05. The fraction of sp³-hybridized carbons (Fsp3) is 0.385. The minimum absolute atomic E-state index is 0.243. The van der Waals surface area contributed by atoms with Gasteiger partial charge in [0, 0.05) is 5.66 Å². The van der Waals surface area contributed by atoms with Crippen molar-refractivity contribution in [3.8, 4) is 11.6 Å². The van der Waals surface area contributed by atoms with E-state index in [1.54, 1.807) is 38.1 Å². The van der Waals surface area contributed by atoms with Crippen LogP contribution in [0.15, 0.2) is 30.3 Å². The predicted octanol–water partition coefficient (Wildman–Crippen LogP) is 2.95. The van der Waals surface area contributed by atoms with Gasteiger partial charge in [0.1, 0.15) is 6.10 Å². The second-order valence-electron chi connectivity index (χ2n) is 3.40. The van der Waals surface area contributed by atoms with Crippen molar-refractivity contribution < 1.29 is 18.7 Å². The highest BCUT2D eigenvalue weighted by molar-refractivity contribution is 7.59. The van der Waals surface area contributed by atoms with E-state index in [9.17, 15) is 9.67 Å². The molecule has 1 atom stereocenters. The van der Waals surface area contributed by atoms with E-state index in [0.717, 1.165) is 0 Å². The Kier molecular flexibility index (Phi) is 6.11. The Morgan fingerprint density at radius 1 is 1.22 bits per heavy atom. The van der Waals surface area contributed by atoms with Gasteiger partial charge in [-0.2, -0.15) is 0 Å². The quantitative estimate of drug-likeness (QED) is 0.659. The van der Waals surface area contributed by atoms with Crippen LogP contribution in [0.2, 0.25) is 0 Å². The SMILES string of the molecule is CCOP(=O)(C#CC(O)c1ccccc1)OCC. The smallest absolute Gasteiger partial charge is 0.376 e. The molecular weight excluding hydrogens is 251 g/mol. The fourth-order valence-corrected chi connectivity index (χ4v) is 2.46. The summed E-state index contributed by atoms with van der Waals surface area (Å²) < 4.78 is 22.0. The lowest BCUT2D eigenvalue weighted by Crippen LogP contribution is -1.96. The lowest BCUT2D eigenvalue weighted by atomic mass is 10.1. The Balaban J connectivity index is 2.82. The first kappa shape index (κ1) is 14.9. The van der Waals surface area contributed by atoms with Crippen LogP contribution in [0.25, 0.3) is 0 Å². The van der Waals surface area contributed by atoms with Gasteiger partial charge < -0.3 is 5.11 Å². The molecule has 1 aromatic rings. The number of rotatable bonds is 5. The monoisotopic (exact) mass is 268 g/mol. The summed E-state index contributed by atoms with van der Waals surface area (Å²) in [6.45, 7) is 3.91. The van der Waals surface area contributed by atoms with Gasteiger partial charge in [-0.15, -0.1) is 0 Å². The van der Waals surface area contributed by atoms with Crippen LogP contribution in [0.4, 0.5) is 0 Å². The van der Waals surface area contributed by atoms with Crippen LogP contribution in [0.1, 0.15) is 25.5 Å². The van der Waals surface area contributed by atoms with E-state index in [0.29, 0.717) is 5.56 Å².